The van der Waals surface area contributed by atoms with E-state index in [1.165, 1.54) is 0 Å². The molecule has 2 aliphatic heterocycles. The number of ether oxygens (including phenoxy) is 2. The predicted octanol–water partition coefficient (Wildman–Crippen LogP) is 2.12. The van der Waals surface area contributed by atoms with Crippen molar-refractivity contribution in [2.45, 2.75) is 32.1 Å². The van der Waals surface area contributed by atoms with Gasteiger partial charge in [-0.3, -0.25) is 9.59 Å². The molecule has 0 bridgehead atoms. The van der Waals surface area contributed by atoms with E-state index in [0.29, 0.717) is 32.0 Å². The van der Waals surface area contributed by atoms with Crippen molar-refractivity contribution in [3.05, 3.63) is 29.8 Å². The number of morpholine rings is 1. The zero-order valence-electron chi connectivity index (χ0n) is 16.2. The van der Waals surface area contributed by atoms with Crippen molar-refractivity contribution in [3.63, 3.8) is 0 Å². The van der Waals surface area contributed by atoms with Gasteiger partial charge in [0.05, 0.1) is 26.7 Å². The van der Waals surface area contributed by atoms with Crippen LogP contribution in [0.3, 0.4) is 0 Å². The first-order chi connectivity index (χ1) is 13.2. The molecule has 0 radical (unpaired) electrons. The summed E-state index contributed by atoms with van der Waals surface area (Å²) in [5, 5.41) is 0. The summed E-state index contributed by atoms with van der Waals surface area (Å²) in [5.74, 6) is 1.74. The summed E-state index contributed by atoms with van der Waals surface area (Å²) in [6.45, 7) is 4.32. The third-order valence-electron chi connectivity index (χ3n) is 5.59. The van der Waals surface area contributed by atoms with E-state index < -0.39 is 0 Å². The molecular weight excluding hydrogens is 344 g/mol. The first-order valence-corrected chi connectivity index (χ1v) is 9.92. The van der Waals surface area contributed by atoms with E-state index in [1.54, 1.807) is 7.11 Å². The Bertz CT molecular complexity index is 635. The van der Waals surface area contributed by atoms with Crippen molar-refractivity contribution in [3.8, 4) is 5.75 Å². The van der Waals surface area contributed by atoms with Crippen LogP contribution in [0.2, 0.25) is 0 Å². The van der Waals surface area contributed by atoms with Gasteiger partial charge in [-0.2, -0.15) is 0 Å². The Balaban J connectivity index is 1.39. The number of nitrogens with zero attached hydrogens (tertiary/aromatic N) is 2. The third-order valence-corrected chi connectivity index (χ3v) is 5.59. The van der Waals surface area contributed by atoms with Gasteiger partial charge >= 0.3 is 0 Å². The highest BCUT2D eigenvalue weighted by molar-refractivity contribution is 5.79. The van der Waals surface area contributed by atoms with E-state index in [-0.39, 0.29) is 11.8 Å². The topological polar surface area (TPSA) is 59.1 Å². The molecule has 1 aromatic rings. The number of carbonyl (C=O) groups excluding carboxylic acids is 2. The lowest BCUT2D eigenvalue weighted by Crippen LogP contribution is -2.41. The number of hydrogen-bond donors (Lipinski definition) is 0. The van der Waals surface area contributed by atoms with Crippen LogP contribution in [0, 0.1) is 5.92 Å². The molecule has 27 heavy (non-hydrogen) atoms. The first kappa shape index (κ1) is 19.7. The number of rotatable bonds is 6. The summed E-state index contributed by atoms with van der Waals surface area (Å²) in [6.07, 6.45) is 3.92. The van der Waals surface area contributed by atoms with Crippen molar-refractivity contribution in [2.75, 3.05) is 46.5 Å². The monoisotopic (exact) mass is 374 g/mol. The molecule has 2 aliphatic rings. The number of hydrogen-bond acceptors (Lipinski definition) is 4. The number of piperidine rings is 1. The number of benzene rings is 1. The van der Waals surface area contributed by atoms with Gasteiger partial charge in [0.25, 0.3) is 0 Å². The molecule has 0 saturated carbocycles. The molecule has 1 aromatic carbocycles. The highest BCUT2D eigenvalue weighted by Crippen LogP contribution is 2.23. The predicted molar refractivity (Wildman–Crippen MR) is 103 cm³/mol. The van der Waals surface area contributed by atoms with Crippen LogP contribution < -0.4 is 4.74 Å². The Morgan fingerprint density at radius 1 is 1.07 bits per heavy atom. The number of methoxy groups -OCH3 is 1. The van der Waals surface area contributed by atoms with Gasteiger partial charge in [0.1, 0.15) is 5.75 Å². The van der Waals surface area contributed by atoms with E-state index in [9.17, 15) is 9.59 Å². The normalized spacial score (nSPS) is 18.4. The minimum atomic E-state index is 0.172. The minimum absolute atomic E-state index is 0.172. The highest BCUT2D eigenvalue weighted by atomic mass is 16.5. The van der Waals surface area contributed by atoms with Crippen LogP contribution in [0.1, 0.15) is 31.2 Å². The van der Waals surface area contributed by atoms with E-state index >= 15 is 0 Å². The Kier molecular flexibility index (Phi) is 7.10. The van der Waals surface area contributed by atoms with Crippen molar-refractivity contribution >= 4 is 11.8 Å². The smallest absolute Gasteiger partial charge is 0.226 e. The maximum Gasteiger partial charge on any atom is 0.226 e. The average molecular weight is 374 g/mol. The molecule has 6 nitrogen and oxygen atoms in total. The summed E-state index contributed by atoms with van der Waals surface area (Å²) < 4.78 is 10.5. The Morgan fingerprint density at radius 2 is 1.78 bits per heavy atom. The molecule has 0 spiro atoms. The van der Waals surface area contributed by atoms with Gasteiger partial charge in [-0.15, -0.1) is 0 Å². The number of amides is 2. The second-order valence-corrected chi connectivity index (χ2v) is 7.38. The lowest BCUT2D eigenvalue weighted by Gasteiger charge is -2.33. The SMILES string of the molecule is COc1cccc(CC(=O)N2CCC(CCC(=O)N3CCOCC3)CC2)c1. The molecule has 3 rings (SSSR count). The van der Waals surface area contributed by atoms with E-state index in [0.717, 1.165) is 56.8 Å². The van der Waals surface area contributed by atoms with Crippen LogP contribution in [-0.2, 0) is 20.7 Å². The van der Waals surface area contributed by atoms with E-state index in [4.69, 9.17) is 9.47 Å². The molecular formula is C21H30N2O4. The van der Waals surface area contributed by atoms with Crippen LogP contribution in [0.15, 0.2) is 24.3 Å². The molecule has 2 amide bonds. The molecule has 2 heterocycles. The summed E-state index contributed by atoms with van der Waals surface area (Å²) >= 11 is 0. The maximum absolute atomic E-state index is 12.6. The van der Waals surface area contributed by atoms with Crippen molar-refractivity contribution < 1.29 is 19.1 Å². The molecule has 6 heteroatoms. The molecule has 0 aliphatic carbocycles. The van der Waals surface area contributed by atoms with Gasteiger partial charge in [-0.05, 0) is 42.9 Å². The zero-order chi connectivity index (χ0) is 19.1. The van der Waals surface area contributed by atoms with Crippen molar-refractivity contribution in [1.82, 2.24) is 9.80 Å². The summed E-state index contributed by atoms with van der Waals surface area (Å²) in [7, 11) is 1.63. The highest BCUT2D eigenvalue weighted by Gasteiger charge is 2.24. The van der Waals surface area contributed by atoms with Crippen LogP contribution in [0.5, 0.6) is 5.75 Å². The fourth-order valence-corrected chi connectivity index (χ4v) is 3.84. The Hall–Kier alpha value is -2.08. The Labute approximate surface area is 161 Å². The standard InChI is InChI=1S/C21H30N2O4/c1-26-19-4-2-3-18(15-19)16-21(25)22-9-7-17(8-10-22)5-6-20(24)23-11-13-27-14-12-23/h2-4,15,17H,5-14,16H2,1H3. The van der Waals surface area contributed by atoms with Gasteiger partial charge in [-0.25, -0.2) is 0 Å². The molecule has 2 saturated heterocycles. The molecule has 0 unspecified atom stereocenters. The first-order valence-electron chi connectivity index (χ1n) is 9.92. The van der Waals surface area contributed by atoms with Gasteiger partial charge in [0.15, 0.2) is 0 Å². The molecule has 2 fully saturated rings. The second-order valence-electron chi connectivity index (χ2n) is 7.38. The molecule has 0 N–H and O–H groups in total. The van der Waals surface area contributed by atoms with Gasteiger partial charge in [-0.1, -0.05) is 12.1 Å². The molecule has 0 atom stereocenters. The Morgan fingerprint density at radius 3 is 2.48 bits per heavy atom. The maximum atomic E-state index is 12.6. The second kappa shape index (κ2) is 9.74. The average Bonchev–Trinajstić information content (AvgIpc) is 2.73. The van der Waals surface area contributed by atoms with Gasteiger partial charge in [0.2, 0.25) is 11.8 Å². The third kappa shape index (κ3) is 5.70. The van der Waals surface area contributed by atoms with Crippen LogP contribution in [-0.4, -0.2) is 68.1 Å². The van der Waals surface area contributed by atoms with Gasteiger partial charge in [0, 0.05) is 32.6 Å². The largest absolute Gasteiger partial charge is 0.497 e. The van der Waals surface area contributed by atoms with Crippen molar-refractivity contribution in [1.29, 1.82) is 0 Å². The van der Waals surface area contributed by atoms with E-state index in [1.807, 2.05) is 34.1 Å². The summed E-state index contributed by atoms with van der Waals surface area (Å²) in [4.78, 5) is 28.7. The van der Waals surface area contributed by atoms with Crippen LogP contribution in [0.4, 0.5) is 0 Å². The lowest BCUT2D eigenvalue weighted by molar-refractivity contribution is -0.136. The van der Waals surface area contributed by atoms with Crippen molar-refractivity contribution in [2.24, 2.45) is 5.92 Å². The summed E-state index contributed by atoms with van der Waals surface area (Å²) in [5.41, 5.74) is 0.984. The fourth-order valence-electron chi connectivity index (χ4n) is 3.84. The van der Waals surface area contributed by atoms with Crippen LogP contribution in [0.25, 0.3) is 0 Å². The van der Waals surface area contributed by atoms with Crippen LogP contribution >= 0.6 is 0 Å². The quantitative estimate of drug-likeness (QED) is 0.765. The van der Waals surface area contributed by atoms with Gasteiger partial charge < -0.3 is 19.3 Å². The zero-order valence-corrected chi connectivity index (χ0v) is 16.2. The minimum Gasteiger partial charge on any atom is -0.497 e. The summed E-state index contributed by atoms with van der Waals surface area (Å²) in [6, 6.07) is 7.68. The van der Waals surface area contributed by atoms with E-state index in [2.05, 4.69) is 0 Å². The molecule has 148 valence electrons. The molecule has 0 aromatic heterocycles. The number of carbonyl (C=O) groups is 2. The fraction of sp³-hybridized carbons (Fsp3) is 0.619. The number of likely N-dealkylation sites (tertiary alicyclic amines) is 1. The lowest BCUT2D eigenvalue weighted by atomic mass is 9.91.